The van der Waals surface area contributed by atoms with Crippen molar-refractivity contribution in [3.8, 4) is 0 Å². The monoisotopic (exact) mass is 307 g/mol. The Kier molecular flexibility index (Phi) is 7.40. The fraction of sp³-hybridized carbons (Fsp3) is 0.571. The lowest BCUT2D eigenvalue weighted by molar-refractivity contribution is -0.137. The maximum absolute atomic E-state index is 12.7. The Balaban J connectivity index is 2.83. The van der Waals surface area contributed by atoms with Gasteiger partial charge in [-0.25, -0.2) is 0 Å². The molecule has 6 heteroatoms. The first-order chi connectivity index (χ1) is 9.49. The Hall–Kier alpha value is -0.720. The summed E-state index contributed by atoms with van der Waals surface area (Å²) in [7, 11) is 0. The molecule has 0 bridgehead atoms. The van der Waals surface area contributed by atoms with Gasteiger partial charge in [-0.2, -0.15) is 24.9 Å². The van der Waals surface area contributed by atoms with E-state index >= 15 is 0 Å². The lowest BCUT2D eigenvalue weighted by Crippen LogP contribution is -2.24. The van der Waals surface area contributed by atoms with E-state index in [0.717, 1.165) is 19.0 Å². The summed E-state index contributed by atoms with van der Waals surface area (Å²) in [6.45, 7) is 2.84. The summed E-state index contributed by atoms with van der Waals surface area (Å²) in [4.78, 5) is 0. The van der Waals surface area contributed by atoms with Crippen LogP contribution in [0.4, 0.5) is 13.2 Å². The minimum Gasteiger partial charge on any atom is -0.396 e. The average molecular weight is 307 g/mol. The molecular weight excluding hydrogens is 287 g/mol. The molecule has 2 nitrogen and oxygen atoms in total. The lowest BCUT2D eigenvalue weighted by atomic mass is 10.0. The topological polar surface area (TPSA) is 32.3 Å². The first-order valence-corrected chi connectivity index (χ1v) is 7.73. The molecule has 0 aliphatic heterocycles. The van der Waals surface area contributed by atoms with Crippen molar-refractivity contribution in [3.63, 3.8) is 0 Å². The minimum absolute atomic E-state index is 0.0771. The minimum atomic E-state index is -4.32. The van der Waals surface area contributed by atoms with Crippen LogP contribution in [-0.2, 0) is 6.18 Å². The quantitative estimate of drug-likeness (QED) is 0.721. The van der Waals surface area contributed by atoms with Crippen LogP contribution in [0.2, 0.25) is 0 Å². The van der Waals surface area contributed by atoms with Gasteiger partial charge in [0.1, 0.15) is 0 Å². The van der Waals surface area contributed by atoms with Gasteiger partial charge in [0.05, 0.1) is 12.2 Å². The molecule has 1 atom stereocenters. The van der Waals surface area contributed by atoms with Crippen LogP contribution in [0.25, 0.3) is 0 Å². The zero-order valence-corrected chi connectivity index (χ0v) is 12.2. The highest BCUT2D eigenvalue weighted by molar-refractivity contribution is 7.99. The summed E-state index contributed by atoms with van der Waals surface area (Å²) in [5.41, 5.74) is 0.0178. The number of hydrogen-bond acceptors (Lipinski definition) is 3. The second kappa shape index (κ2) is 8.54. The van der Waals surface area contributed by atoms with Gasteiger partial charge in [0, 0.05) is 17.5 Å². The van der Waals surface area contributed by atoms with E-state index in [-0.39, 0.29) is 12.6 Å². The van der Waals surface area contributed by atoms with Crippen molar-refractivity contribution in [1.29, 1.82) is 0 Å². The van der Waals surface area contributed by atoms with Crippen LogP contribution in [0.3, 0.4) is 0 Å². The molecule has 20 heavy (non-hydrogen) atoms. The molecule has 1 aromatic carbocycles. The zero-order valence-electron chi connectivity index (χ0n) is 11.4. The van der Waals surface area contributed by atoms with Crippen LogP contribution >= 0.6 is 11.8 Å². The number of thioether (sulfide) groups is 1. The maximum Gasteiger partial charge on any atom is 0.416 e. The van der Waals surface area contributed by atoms with Crippen LogP contribution < -0.4 is 5.32 Å². The van der Waals surface area contributed by atoms with E-state index in [0.29, 0.717) is 17.1 Å². The third-order valence-electron chi connectivity index (χ3n) is 2.78. The van der Waals surface area contributed by atoms with Gasteiger partial charge in [0.25, 0.3) is 0 Å². The molecule has 0 aliphatic rings. The molecule has 114 valence electrons. The van der Waals surface area contributed by atoms with Gasteiger partial charge in [-0.05, 0) is 30.7 Å². The van der Waals surface area contributed by atoms with Crippen LogP contribution in [-0.4, -0.2) is 29.8 Å². The highest BCUT2D eigenvalue weighted by Gasteiger charge is 2.30. The number of halogens is 3. The normalized spacial score (nSPS) is 13.4. The molecule has 0 aliphatic carbocycles. The molecule has 1 rings (SSSR count). The predicted molar refractivity (Wildman–Crippen MR) is 76.9 cm³/mol. The van der Waals surface area contributed by atoms with Crippen molar-refractivity contribution in [1.82, 2.24) is 5.32 Å². The van der Waals surface area contributed by atoms with Gasteiger partial charge in [0.2, 0.25) is 0 Å². The van der Waals surface area contributed by atoms with Gasteiger partial charge < -0.3 is 10.4 Å². The number of nitrogens with one attached hydrogen (secondary N) is 1. The van der Waals surface area contributed by atoms with Gasteiger partial charge in [-0.1, -0.05) is 19.1 Å². The predicted octanol–water partition coefficient (Wildman–Crippen LogP) is 3.47. The number of hydrogen-bond donors (Lipinski definition) is 2. The van der Waals surface area contributed by atoms with E-state index in [9.17, 15) is 13.2 Å². The highest BCUT2D eigenvalue weighted by Crippen LogP contribution is 2.31. The van der Waals surface area contributed by atoms with Gasteiger partial charge in [-0.15, -0.1) is 0 Å². The number of aliphatic hydroxyl groups excluding tert-OH is 1. The van der Waals surface area contributed by atoms with Gasteiger partial charge in [-0.3, -0.25) is 0 Å². The van der Waals surface area contributed by atoms with E-state index in [4.69, 9.17) is 5.11 Å². The SMILES string of the molecule is CCCNC(CSCCO)c1cccc(C(F)(F)F)c1. The number of alkyl halides is 3. The second-order valence-electron chi connectivity index (χ2n) is 4.43. The van der Waals surface area contributed by atoms with Crippen LogP contribution in [0.5, 0.6) is 0 Å². The summed E-state index contributed by atoms with van der Waals surface area (Å²) < 4.78 is 38.2. The van der Waals surface area contributed by atoms with Crippen molar-refractivity contribution in [2.24, 2.45) is 0 Å². The van der Waals surface area contributed by atoms with Crippen LogP contribution in [0.1, 0.15) is 30.5 Å². The Labute approximate surface area is 121 Å². The number of aliphatic hydroxyl groups is 1. The summed E-state index contributed by atoms with van der Waals surface area (Å²) in [5, 5.41) is 12.0. The van der Waals surface area contributed by atoms with Crippen molar-refractivity contribution < 1.29 is 18.3 Å². The Morgan fingerprint density at radius 2 is 2.10 bits per heavy atom. The van der Waals surface area contributed by atoms with Crippen LogP contribution in [0, 0.1) is 0 Å². The standard InChI is InChI=1S/C14H20F3NOS/c1-2-6-18-13(10-20-8-7-19)11-4-3-5-12(9-11)14(15,16)17/h3-5,9,13,18-19H,2,6-8,10H2,1H3. The van der Waals surface area contributed by atoms with E-state index < -0.39 is 11.7 Å². The first-order valence-electron chi connectivity index (χ1n) is 6.58. The molecule has 0 heterocycles. The van der Waals surface area contributed by atoms with E-state index in [1.165, 1.54) is 23.9 Å². The lowest BCUT2D eigenvalue weighted by Gasteiger charge is -2.20. The summed E-state index contributed by atoms with van der Waals surface area (Å²) in [6.07, 6.45) is -3.40. The van der Waals surface area contributed by atoms with E-state index in [1.54, 1.807) is 6.07 Å². The van der Waals surface area contributed by atoms with Gasteiger partial charge >= 0.3 is 6.18 Å². The molecular formula is C14H20F3NOS. The molecule has 1 aromatic rings. The Bertz CT molecular complexity index is 398. The average Bonchev–Trinajstić information content (AvgIpc) is 2.42. The van der Waals surface area contributed by atoms with E-state index in [2.05, 4.69) is 5.32 Å². The van der Waals surface area contributed by atoms with E-state index in [1.807, 2.05) is 6.92 Å². The Morgan fingerprint density at radius 3 is 2.70 bits per heavy atom. The summed E-state index contributed by atoms with van der Waals surface area (Å²) in [5.74, 6) is 1.23. The second-order valence-corrected chi connectivity index (χ2v) is 5.58. The molecule has 0 radical (unpaired) electrons. The van der Waals surface area contributed by atoms with Crippen molar-refractivity contribution >= 4 is 11.8 Å². The zero-order chi connectivity index (χ0) is 15.0. The molecule has 0 saturated carbocycles. The first kappa shape index (κ1) is 17.3. The molecule has 2 N–H and O–H groups in total. The Morgan fingerprint density at radius 1 is 1.35 bits per heavy atom. The third kappa shape index (κ3) is 5.73. The number of benzene rings is 1. The largest absolute Gasteiger partial charge is 0.416 e. The number of rotatable bonds is 8. The van der Waals surface area contributed by atoms with Gasteiger partial charge in [0.15, 0.2) is 0 Å². The smallest absolute Gasteiger partial charge is 0.396 e. The molecule has 0 amide bonds. The molecule has 1 unspecified atom stereocenters. The molecule has 0 fully saturated rings. The maximum atomic E-state index is 12.7. The third-order valence-corrected chi connectivity index (χ3v) is 3.82. The molecule has 0 aromatic heterocycles. The fourth-order valence-electron chi connectivity index (χ4n) is 1.79. The van der Waals surface area contributed by atoms with Crippen LogP contribution in [0.15, 0.2) is 24.3 Å². The van der Waals surface area contributed by atoms with Crippen molar-refractivity contribution in [2.45, 2.75) is 25.6 Å². The summed E-state index contributed by atoms with van der Waals surface area (Å²) in [6, 6.07) is 5.31. The van der Waals surface area contributed by atoms with Crippen molar-refractivity contribution in [2.75, 3.05) is 24.7 Å². The van der Waals surface area contributed by atoms with Crippen molar-refractivity contribution in [3.05, 3.63) is 35.4 Å². The fourth-order valence-corrected chi connectivity index (χ4v) is 2.63. The highest BCUT2D eigenvalue weighted by atomic mass is 32.2. The molecule has 0 saturated heterocycles. The molecule has 0 spiro atoms. The summed E-state index contributed by atoms with van der Waals surface area (Å²) >= 11 is 1.53.